The van der Waals surface area contributed by atoms with Gasteiger partial charge in [-0.05, 0) is 38.9 Å². The lowest BCUT2D eigenvalue weighted by Gasteiger charge is -2.15. The van der Waals surface area contributed by atoms with Gasteiger partial charge in [0.2, 0.25) is 0 Å². The van der Waals surface area contributed by atoms with E-state index in [0.29, 0.717) is 6.04 Å². The molecule has 1 aliphatic rings. The molecular formula is C11H18N4. The topological polar surface area (TPSA) is 49.8 Å². The molecule has 0 aliphatic carbocycles. The summed E-state index contributed by atoms with van der Waals surface area (Å²) in [7, 11) is 0. The molecule has 0 unspecified atom stereocenters. The zero-order chi connectivity index (χ0) is 10.5. The molecule has 4 nitrogen and oxygen atoms in total. The van der Waals surface area contributed by atoms with E-state index in [9.17, 15) is 0 Å². The third-order valence-corrected chi connectivity index (χ3v) is 2.90. The van der Waals surface area contributed by atoms with Crippen LogP contribution in [0.5, 0.6) is 0 Å². The van der Waals surface area contributed by atoms with Crippen LogP contribution in [0.3, 0.4) is 0 Å². The van der Waals surface area contributed by atoms with E-state index in [-0.39, 0.29) is 0 Å². The van der Waals surface area contributed by atoms with Crippen LogP contribution in [0, 0.1) is 5.92 Å². The second-order valence-electron chi connectivity index (χ2n) is 4.12. The summed E-state index contributed by atoms with van der Waals surface area (Å²) >= 11 is 0. The first kappa shape index (κ1) is 10.5. The Hall–Kier alpha value is -1.00. The lowest BCUT2D eigenvalue weighted by molar-refractivity contribution is 0.464. The molecule has 0 spiro atoms. The SMILES string of the molecule is C[C@@H](NC[C@H]1CCNC1)c1cnccn1. The average molecular weight is 206 g/mol. The summed E-state index contributed by atoms with van der Waals surface area (Å²) in [5, 5.41) is 6.87. The fourth-order valence-corrected chi connectivity index (χ4v) is 1.87. The number of nitrogens with zero attached hydrogens (tertiary/aromatic N) is 2. The van der Waals surface area contributed by atoms with E-state index in [4.69, 9.17) is 0 Å². The van der Waals surface area contributed by atoms with Crippen LogP contribution in [0.4, 0.5) is 0 Å². The summed E-state index contributed by atoms with van der Waals surface area (Å²) in [4.78, 5) is 8.35. The number of nitrogens with one attached hydrogen (secondary N) is 2. The van der Waals surface area contributed by atoms with Gasteiger partial charge in [0, 0.05) is 24.6 Å². The van der Waals surface area contributed by atoms with Gasteiger partial charge in [-0.1, -0.05) is 0 Å². The highest BCUT2D eigenvalue weighted by atomic mass is 15.0. The van der Waals surface area contributed by atoms with Crippen LogP contribution < -0.4 is 10.6 Å². The van der Waals surface area contributed by atoms with Crippen LogP contribution in [0.1, 0.15) is 25.1 Å². The van der Waals surface area contributed by atoms with Crippen molar-refractivity contribution in [1.82, 2.24) is 20.6 Å². The van der Waals surface area contributed by atoms with Gasteiger partial charge < -0.3 is 10.6 Å². The van der Waals surface area contributed by atoms with E-state index >= 15 is 0 Å². The predicted molar refractivity (Wildman–Crippen MR) is 59.4 cm³/mol. The van der Waals surface area contributed by atoms with Gasteiger partial charge in [-0.2, -0.15) is 0 Å². The third-order valence-electron chi connectivity index (χ3n) is 2.90. The van der Waals surface area contributed by atoms with Gasteiger partial charge in [-0.15, -0.1) is 0 Å². The largest absolute Gasteiger partial charge is 0.316 e. The molecule has 1 aromatic heterocycles. The fraction of sp³-hybridized carbons (Fsp3) is 0.636. The first-order chi connectivity index (χ1) is 7.36. The van der Waals surface area contributed by atoms with Crippen molar-refractivity contribution in [3.63, 3.8) is 0 Å². The summed E-state index contributed by atoms with van der Waals surface area (Å²) in [6.45, 7) is 5.49. The van der Waals surface area contributed by atoms with Crippen LogP contribution in [0.25, 0.3) is 0 Å². The zero-order valence-corrected chi connectivity index (χ0v) is 9.11. The number of hydrogen-bond donors (Lipinski definition) is 2. The van der Waals surface area contributed by atoms with Gasteiger partial charge in [-0.25, -0.2) is 0 Å². The van der Waals surface area contributed by atoms with Crippen LogP contribution in [-0.2, 0) is 0 Å². The van der Waals surface area contributed by atoms with Gasteiger partial charge in [0.15, 0.2) is 0 Å². The number of rotatable bonds is 4. The Morgan fingerprint density at radius 3 is 3.20 bits per heavy atom. The van der Waals surface area contributed by atoms with Crippen molar-refractivity contribution in [2.24, 2.45) is 5.92 Å². The molecule has 1 aliphatic heterocycles. The monoisotopic (exact) mass is 206 g/mol. The molecule has 0 radical (unpaired) electrons. The Bertz CT molecular complexity index is 282. The Labute approximate surface area is 90.5 Å². The van der Waals surface area contributed by atoms with Crippen LogP contribution >= 0.6 is 0 Å². The number of hydrogen-bond acceptors (Lipinski definition) is 4. The average Bonchev–Trinajstić information content (AvgIpc) is 2.80. The maximum Gasteiger partial charge on any atom is 0.0753 e. The third kappa shape index (κ3) is 2.97. The summed E-state index contributed by atoms with van der Waals surface area (Å²) < 4.78 is 0. The molecule has 2 heterocycles. The van der Waals surface area contributed by atoms with Crippen molar-refractivity contribution in [3.05, 3.63) is 24.3 Å². The quantitative estimate of drug-likeness (QED) is 0.763. The molecule has 1 saturated heterocycles. The molecule has 0 amide bonds. The van der Waals surface area contributed by atoms with Crippen LogP contribution in [-0.4, -0.2) is 29.6 Å². The lowest BCUT2D eigenvalue weighted by Crippen LogP contribution is -2.27. The van der Waals surface area contributed by atoms with Crippen molar-refractivity contribution in [2.45, 2.75) is 19.4 Å². The van der Waals surface area contributed by atoms with E-state index in [1.165, 1.54) is 6.42 Å². The minimum Gasteiger partial charge on any atom is -0.316 e. The fourth-order valence-electron chi connectivity index (χ4n) is 1.87. The molecule has 2 atom stereocenters. The van der Waals surface area contributed by atoms with E-state index in [2.05, 4.69) is 27.5 Å². The Morgan fingerprint density at radius 2 is 2.53 bits per heavy atom. The molecule has 0 bridgehead atoms. The number of aromatic nitrogens is 2. The van der Waals surface area contributed by atoms with E-state index < -0.39 is 0 Å². The van der Waals surface area contributed by atoms with Crippen molar-refractivity contribution in [2.75, 3.05) is 19.6 Å². The molecule has 2 N–H and O–H groups in total. The Morgan fingerprint density at radius 1 is 1.60 bits per heavy atom. The summed E-state index contributed by atoms with van der Waals surface area (Å²) in [5.74, 6) is 0.768. The Kier molecular flexibility index (Phi) is 3.64. The minimum atomic E-state index is 0.291. The van der Waals surface area contributed by atoms with Gasteiger partial charge >= 0.3 is 0 Å². The van der Waals surface area contributed by atoms with Crippen molar-refractivity contribution in [3.8, 4) is 0 Å². The molecule has 1 fully saturated rings. The normalized spacial score (nSPS) is 22.9. The Balaban J connectivity index is 1.79. The van der Waals surface area contributed by atoms with Gasteiger partial charge in [-0.3, -0.25) is 9.97 Å². The molecule has 0 saturated carbocycles. The van der Waals surface area contributed by atoms with Crippen molar-refractivity contribution in [1.29, 1.82) is 0 Å². The lowest BCUT2D eigenvalue weighted by atomic mass is 10.1. The summed E-state index contributed by atoms with van der Waals surface area (Å²) in [6, 6.07) is 0.291. The molecule has 82 valence electrons. The van der Waals surface area contributed by atoms with Crippen LogP contribution in [0.2, 0.25) is 0 Å². The van der Waals surface area contributed by atoms with Crippen molar-refractivity contribution < 1.29 is 0 Å². The highest BCUT2D eigenvalue weighted by molar-refractivity contribution is 5.00. The smallest absolute Gasteiger partial charge is 0.0753 e. The molecule has 1 aromatic rings. The molecule has 0 aromatic carbocycles. The summed E-state index contributed by atoms with van der Waals surface area (Å²) in [6.07, 6.45) is 6.55. The predicted octanol–water partition coefficient (Wildman–Crippen LogP) is 0.737. The standard InChI is InChI=1S/C11H18N4/c1-9(11-8-13-4-5-14-11)15-7-10-2-3-12-6-10/h4-5,8-10,12,15H,2-3,6-7H2,1H3/t9-,10+/m1/s1. The van der Waals surface area contributed by atoms with E-state index in [1.54, 1.807) is 12.4 Å². The second-order valence-corrected chi connectivity index (χ2v) is 4.12. The first-order valence-electron chi connectivity index (χ1n) is 5.56. The second kappa shape index (κ2) is 5.19. The zero-order valence-electron chi connectivity index (χ0n) is 9.11. The highest BCUT2D eigenvalue weighted by Crippen LogP contribution is 2.10. The first-order valence-corrected chi connectivity index (χ1v) is 5.56. The van der Waals surface area contributed by atoms with E-state index in [1.807, 2.05) is 6.20 Å². The molecule has 15 heavy (non-hydrogen) atoms. The molecule has 4 heteroatoms. The van der Waals surface area contributed by atoms with Gasteiger partial charge in [0.1, 0.15) is 0 Å². The minimum absolute atomic E-state index is 0.291. The maximum absolute atomic E-state index is 4.28. The van der Waals surface area contributed by atoms with E-state index in [0.717, 1.165) is 31.2 Å². The maximum atomic E-state index is 4.28. The molecular weight excluding hydrogens is 188 g/mol. The van der Waals surface area contributed by atoms with Gasteiger partial charge in [0.05, 0.1) is 5.69 Å². The van der Waals surface area contributed by atoms with Crippen LogP contribution in [0.15, 0.2) is 18.6 Å². The summed E-state index contributed by atoms with van der Waals surface area (Å²) in [5.41, 5.74) is 1.02. The van der Waals surface area contributed by atoms with Crippen molar-refractivity contribution >= 4 is 0 Å². The van der Waals surface area contributed by atoms with Gasteiger partial charge in [0.25, 0.3) is 0 Å². The molecule has 2 rings (SSSR count). The highest BCUT2D eigenvalue weighted by Gasteiger charge is 2.15.